The van der Waals surface area contributed by atoms with E-state index in [1.54, 1.807) is 22.8 Å². The number of carbonyl (C=O) groups excluding carboxylic acids is 1. The van der Waals surface area contributed by atoms with Crippen molar-refractivity contribution in [3.63, 3.8) is 0 Å². The maximum atomic E-state index is 12.4. The van der Waals surface area contributed by atoms with Gasteiger partial charge in [-0.3, -0.25) is 14.8 Å². The number of hydrogen-bond acceptors (Lipinski definition) is 6. The van der Waals surface area contributed by atoms with E-state index in [0.29, 0.717) is 24.4 Å². The molecule has 0 aliphatic carbocycles. The molecule has 0 spiro atoms. The van der Waals surface area contributed by atoms with Crippen LogP contribution in [0.15, 0.2) is 41.4 Å². The molecule has 0 saturated carbocycles. The van der Waals surface area contributed by atoms with Crippen molar-refractivity contribution in [1.82, 2.24) is 14.9 Å². The van der Waals surface area contributed by atoms with Crippen LogP contribution in [0, 0.1) is 0 Å². The molecule has 7 nitrogen and oxygen atoms in total. The molecule has 2 aromatic heterocycles. The van der Waals surface area contributed by atoms with E-state index in [9.17, 15) is 4.79 Å². The maximum absolute atomic E-state index is 12.4. The highest BCUT2D eigenvalue weighted by atomic mass is 32.1. The molecular weight excluding hydrogens is 290 g/mol. The Morgan fingerprint density at radius 1 is 1.43 bits per heavy atom. The van der Waals surface area contributed by atoms with E-state index in [1.807, 2.05) is 12.1 Å². The highest BCUT2D eigenvalue weighted by Gasteiger charge is 2.18. The summed E-state index contributed by atoms with van der Waals surface area (Å²) in [7, 11) is 0. The quantitative estimate of drug-likeness (QED) is 0.362. The average molecular weight is 305 g/mol. The Bertz CT molecular complexity index is 600. The minimum absolute atomic E-state index is 0.0864. The van der Waals surface area contributed by atoms with Gasteiger partial charge in [0.25, 0.3) is 5.91 Å². The Hall–Kier alpha value is -2.48. The minimum atomic E-state index is -0.132. The van der Waals surface area contributed by atoms with Crippen LogP contribution in [-0.4, -0.2) is 38.4 Å². The van der Waals surface area contributed by atoms with Gasteiger partial charge in [0.1, 0.15) is 10.7 Å². The van der Waals surface area contributed by atoms with Crippen molar-refractivity contribution >= 4 is 23.1 Å². The van der Waals surface area contributed by atoms with E-state index in [4.69, 9.17) is 10.9 Å². The van der Waals surface area contributed by atoms with Crippen molar-refractivity contribution < 1.29 is 10.0 Å². The first-order chi connectivity index (χ1) is 10.2. The van der Waals surface area contributed by atoms with E-state index in [1.165, 1.54) is 17.5 Å². The molecule has 0 aliphatic rings. The summed E-state index contributed by atoms with van der Waals surface area (Å²) in [5, 5.41) is 11.5. The second kappa shape index (κ2) is 7.34. The molecule has 0 bridgehead atoms. The topological polar surface area (TPSA) is 105 Å². The average Bonchev–Trinajstić information content (AvgIpc) is 3.05. The van der Waals surface area contributed by atoms with E-state index >= 15 is 0 Å². The first kappa shape index (κ1) is 14.9. The lowest BCUT2D eigenvalue weighted by Gasteiger charge is -2.21. The number of oxime groups is 1. The van der Waals surface area contributed by atoms with Crippen molar-refractivity contribution in [2.24, 2.45) is 10.9 Å². The molecule has 0 aromatic carbocycles. The van der Waals surface area contributed by atoms with Crippen molar-refractivity contribution in [2.75, 3.05) is 6.54 Å². The molecule has 0 aliphatic heterocycles. The van der Waals surface area contributed by atoms with Crippen LogP contribution in [0.25, 0.3) is 0 Å². The molecule has 110 valence electrons. The van der Waals surface area contributed by atoms with Crippen LogP contribution in [0.3, 0.4) is 0 Å². The van der Waals surface area contributed by atoms with Gasteiger partial charge in [-0.2, -0.15) is 0 Å². The van der Waals surface area contributed by atoms with Crippen LogP contribution in [0.2, 0.25) is 0 Å². The van der Waals surface area contributed by atoms with E-state index in [0.717, 1.165) is 5.56 Å². The molecule has 0 atom stereocenters. The first-order valence-electron chi connectivity index (χ1n) is 6.23. The Morgan fingerprint density at radius 2 is 2.29 bits per heavy atom. The zero-order valence-electron chi connectivity index (χ0n) is 11.2. The first-order valence-corrected chi connectivity index (χ1v) is 7.11. The third-order valence-corrected chi connectivity index (χ3v) is 3.55. The summed E-state index contributed by atoms with van der Waals surface area (Å²) < 4.78 is 0. The van der Waals surface area contributed by atoms with Gasteiger partial charge in [0.05, 0.1) is 11.7 Å². The zero-order valence-corrected chi connectivity index (χ0v) is 12.0. The highest BCUT2D eigenvalue weighted by molar-refractivity contribution is 7.11. The van der Waals surface area contributed by atoms with Crippen LogP contribution in [0.1, 0.15) is 21.7 Å². The van der Waals surface area contributed by atoms with Gasteiger partial charge in [-0.15, -0.1) is 11.3 Å². The van der Waals surface area contributed by atoms with Crippen molar-refractivity contribution in [3.8, 4) is 0 Å². The number of amidine groups is 1. The molecule has 2 aromatic rings. The van der Waals surface area contributed by atoms with Gasteiger partial charge in [-0.25, -0.2) is 0 Å². The number of hydrogen-bond donors (Lipinski definition) is 2. The fraction of sp³-hybridized carbons (Fsp3) is 0.231. The molecule has 2 rings (SSSR count). The third kappa shape index (κ3) is 4.25. The predicted octanol–water partition coefficient (Wildman–Crippen LogP) is 1.32. The SMILES string of the molecule is N/C(CCN(Cc1cccnc1)C(=O)c1cncs1)=N/O. The van der Waals surface area contributed by atoms with Crippen molar-refractivity contribution in [2.45, 2.75) is 13.0 Å². The number of thiazole rings is 1. The smallest absolute Gasteiger partial charge is 0.265 e. The monoisotopic (exact) mass is 305 g/mol. The maximum Gasteiger partial charge on any atom is 0.265 e. The standard InChI is InChI=1S/C13H15N5O2S/c14-12(17-20)3-5-18(8-10-2-1-4-15-6-10)13(19)11-7-16-9-21-11/h1-2,4,6-7,9,20H,3,5,8H2,(H2,14,17). The molecule has 0 unspecified atom stereocenters. The molecule has 3 N–H and O–H groups in total. The molecule has 2 heterocycles. The van der Waals surface area contributed by atoms with Crippen molar-refractivity contribution in [3.05, 3.63) is 46.7 Å². The summed E-state index contributed by atoms with van der Waals surface area (Å²) in [4.78, 5) is 22.6. The van der Waals surface area contributed by atoms with Crippen molar-refractivity contribution in [1.29, 1.82) is 0 Å². The van der Waals surface area contributed by atoms with E-state index < -0.39 is 0 Å². The molecule has 0 fully saturated rings. The Morgan fingerprint density at radius 3 is 2.90 bits per heavy atom. The lowest BCUT2D eigenvalue weighted by molar-refractivity contribution is 0.0752. The second-order valence-corrected chi connectivity index (χ2v) is 5.18. The molecular formula is C13H15N5O2S. The van der Waals surface area contributed by atoms with Gasteiger partial charge >= 0.3 is 0 Å². The predicted molar refractivity (Wildman–Crippen MR) is 79.1 cm³/mol. The Labute approximate surface area is 125 Å². The van der Waals surface area contributed by atoms with E-state index in [2.05, 4.69) is 15.1 Å². The van der Waals surface area contributed by atoms with Gasteiger partial charge in [0.15, 0.2) is 0 Å². The molecule has 8 heteroatoms. The van der Waals surface area contributed by atoms with Crippen LogP contribution in [0.4, 0.5) is 0 Å². The molecule has 0 saturated heterocycles. The summed E-state index contributed by atoms with van der Waals surface area (Å²) in [5.41, 5.74) is 8.00. The minimum Gasteiger partial charge on any atom is -0.409 e. The molecule has 0 radical (unpaired) electrons. The normalized spacial score (nSPS) is 11.3. The second-order valence-electron chi connectivity index (χ2n) is 4.30. The van der Waals surface area contributed by atoms with Gasteiger partial charge in [0.2, 0.25) is 0 Å². The number of aromatic nitrogens is 2. The van der Waals surface area contributed by atoms with Gasteiger partial charge in [0, 0.05) is 31.9 Å². The van der Waals surface area contributed by atoms with Crippen LogP contribution < -0.4 is 5.73 Å². The fourth-order valence-corrected chi connectivity index (χ4v) is 2.33. The number of rotatable bonds is 6. The fourth-order valence-electron chi connectivity index (χ4n) is 1.74. The van der Waals surface area contributed by atoms with Gasteiger partial charge < -0.3 is 15.8 Å². The zero-order chi connectivity index (χ0) is 15.1. The summed E-state index contributed by atoms with van der Waals surface area (Å²) >= 11 is 1.28. The summed E-state index contributed by atoms with van der Waals surface area (Å²) in [6, 6.07) is 3.71. The highest BCUT2D eigenvalue weighted by Crippen LogP contribution is 2.13. The number of pyridine rings is 1. The lowest BCUT2D eigenvalue weighted by atomic mass is 10.2. The van der Waals surface area contributed by atoms with E-state index in [-0.39, 0.29) is 11.7 Å². The summed E-state index contributed by atoms with van der Waals surface area (Å²) in [6.45, 7) is 0.755. The molecule has 21 heavy (non-hydrogen) atoms. The largest absolute Gasteiger partial charge is 0.409 e. The lowest BCUT2D eigenvalue weighted by Crippen LogP contribution is -2.33. The van der Waals surface area contributed by atoms with Gasteiger partial charge in [-0.05, 0) is 11.6 Å². The Kier molecular flexibility index (Phi) is 5.22. The number of carbonyl (C=O) groups is 1. The number of amides is 1. The summed E-state index contributed by atoms with van der Waals surface area (Å²) in [5.74, 6) is -0.0459. The number of nitrogens with zero attached hydrogens (tertiary/aromatic N) is 4. The van der Waals surface area contributed by atoms with Crippen LogP contribution >= 0.6 is 11.3 Å². The summed E-state index contributed by atoms with van der Waals surface area (Å²) in [6.07, 6.45) is 5.21. The van der Waals surface area contributed by atoms with Crippen LogP contribution in [-0.2, 0) is 6.54 Å². The van der Waals surface area contributed by atoms with Crippen LogP contribution in [0.5, 0.6) is 0 Å². The molecule has 1 amide bonds. The third-order valence-electron chi connectivity index (χ3n) is 2.79. The Balaban J connectivity index is 2.12. The number of nitrogens with two attached hydrogens (primary N) is 1. The van der Waals surface area contributed by atoms with Gasteiger partial charge in [-0.1, -0.05) is 11.2 Å².